The van der Waals surface area contributed by atoms with Gasteiger partial charge in [0.25, 0.3) is 0 Å². The van der Waals surface area contributed by atoms with Crippen LogP contribution in [0.25, 0.3) is 0 Å². The first-order chi connectivity index (χ1) is 3.70. The lowest BCUT2D eigenvalue weighted by atomic mass is 11.0. The van der Waals surface area contributed by atoms with Crippen LogP contribution in [0.2, 0.25) is 0 Å². The fourth-order valence-corrected chi connectivity index (χ4v) is 4.80. The van der Waals surface area contributed by atoms with Gasteiger partial charge in [-0.3, -0.25) is 0 Å². The van der Waals surface area contributed by atoms with Gasteiger partial charge in [-0.05, 0) is 11.2 Å². The van der Waals surface area contributed by atoms with Gasteiger partial charge in [-0.15, -0.1) is 0 Å². The van der Waals surface area contributed by atoms with Crippen LogP contribution in [0.4, 0.5) is 0 Å². The van der Waals surface area contributed by atoms with E-state index in [1.54, 1.807) is 0 Å². The average Bonchev–Trinajstić information content (AvgIpc) is 1.85. The summed E-state index contributed by atoms with van der Waals surface area (Å²) in [6.45, 7) is 0. The summed E-state index contributed by atoms with van der Waals surface area (Å²) < 4.78 is 1.87. The summed E-state index contributed by atoms with van der Waals surface area (Å²) in [5.41, 5.74) is 0. The minimum Gasteiger partial charge on any atom is -0.0760 e. The predicted octanol–water partition coefficient (Wildman–Crippen LogP) is 1.43. The van der Waals surface area contributed by atoms with Crippen LogP contribution in [0, 0.1) is 0 Å². The summed E-state index contributed by atoms with van der Waals surface area (Å²) in [5.74, 6) is 0.855. The number of hydrogen-bond acceptors (Lipinski definition) is 4. The van der Waals surface area contributed by atoms with E-state index in [2.05, 4.69) is 0 Å². The standard InChI is InChI=1S/C3H2S5/c4-2-1-8(6)3(5)7-2/h1H2. The molecule has 0 spiro atoms. The van der Waals surface area contributed by atoms with Gasteiger partial charge >= 0.3 is 0 Å². The van der Waals surface area contributed by atoms with Gasteiger partial charge in [0, 0.05) is 5.75 Å². The third kappa shape index (κ3) is 1.54. The summed E-state index contributed by atoms with van der Waals surface area (Å²) in [7, 11) is -0.111. The van der Waals surface area contributed by atoms with Gasteiger partial charge in [-0.25, -0.2) is 0 Å². The molecule has 1 heterocycles. The van der Waals surface area contributed by atoms with E-state index in [1.807, 2.05) is 0 Å². The van der Waals surface area contributed by atoms with Crippen molar-refractivity contribution in [3.8, 4) is 0 Å². The molecule has 0 aromatic carbocycles. The highest BCUT2D eigenvalue weighted by molar-refractivity contribution is 8.63. The second-order valence-corrected chi connectivity index (χ2v) is 6.85. The molecule has 1 aliphatic rings. The topological polar surface area (TPSA) is 0 Å². The van der Waals surface area contributed by atoms with Crippen molar-refractivity contribution >= 4 is 64.6 Å². The van der Waals surface area contributed by atoms with Crippen LogP contribution in [0.15, 0.2) is 0 Å². The van der Waals surface area contributed by atoms with E-state index < -0.39 is 0 Å². The van der Waals surface area contributed by atoms with E-state index in [-0.39, 0.29) is 9.45 Å². The van der Waals surface area contributed by atoms with Crippen LogP contribution < -0.4 is 0 Å². The number of rotatable bonds is 0. The van der Waals surface area contributed by atoms with Crippen LogP contribution in [0.5, 0.6) is 0 Å². The van der Waals surface area contributed by atoms with Crippen molar-refractivity contribution in [3.63, 3.8) is 0 Å². The highest BCUT2D eigenvalue weighted by Gasteiger charge is 2.16. The molecule has 1 fully saturated rings. The molecule has 1 unspecified atom stereocenters. The van der Waals surface area contributed by atoms with Crippen molar-refractivity contribution in [2.45, 2.75) is 0 Å². The van der Waals surface area contributed by atoms with Crippen LogP contribution in [0.1, 0.15) is 0 Å². The smallest absolute Gasteiger partial charge is 0.0760 e. The van der Waals surface area contributed by atoms with Crippen molar-refractivity contribution < 1.29 is 0 Å². The van der Waals surface area contributed by atoms with E-state index in [9.17, 15) is 0 Å². The third-order valence-corrected chi connectivity index (χ3v) is 6.05. The van der Waals surface area contributed by atoms with E-state index in [0.717, 1.165) is 13.5 Å². The average molecular weight is 198 g/mol. The zero-order chi connectivity index (χ0) is 6.15. The van der Waals surface area contributed by atoms with Gasteiger partial charge in [0.15, 0.2) is 0 Å². The molecule has 8 heavy (non-hydrogen) atoms. The molecule has 1 atom stereocenters. The maximum absolute atomic E-state index is 4.98. The van der Waals surface area contributed by atoms with Crippen molar-refractivity contribution in [2.24, 2.45) is 0 Å². The van der Waals surface area contributed by atoms with Crippen LogP contribution in [-0.2, 0) is 20.6 Å². The molecule has 1 saturated heterocycles. The fraction of sp³-hybridized carbons (Fsp3) is 0.333. The predicted molar refractivity (Wildman–Crippen MR) is 52.4 cm³/mol. The summed E-state index contributed by atoms with van der Waals surface area (Å²) >= 11 is 16.3. The van der Waals surface area contributed by atoms with Gasteiger partial charge < -0.3 is 0 Å². The maximum atomic E-state index is 4.98. The molecule has 0 radical (unpaired) electrons. The lowest BCUT2D eigenvalue weighted by Gasteiger charge is -1.82. The summed E-state index contributed by atoms with van der Waals surface area (Å²) in [4.78, 5) is 0. The fourth-order valence-electron chi connectivity index (χ4n) is 0.335. The minimum absolute atomic E-state index is 0.111. The summed E-state index contributed by atoms with van der Waals surface area (Å²) in [6, 6.07) is 0. The van der Waals surface area contributed by atoms with Crippen LogP contribution >= 0.6 is 36.2 Å². The lowest BCUT2D eigenvalue weighted by Crippen LogP contribution is -1.92. The Kier molecular flexibility index (Phi) is 2.51. The van der Waals surface area contributed by atoms with Crippen molar-refractivity contribution in [2.75, 3.05) is 5.75 Å². The zero-order valence-corrected chi connectivity index (χ0v) is 7.83. The largest absolute Gasteiger partial charge is 0.114 e. The van der Waals surface area contributed by atoms with Crippen molar-refractivity contribution in [1.82, 2.24) is 0 Å². The van der Waals surface area contributed by atoms with Gasteiger partial charge in [0.2, 0.25) is 0 Å². The first-order valence-electron chi connectivity index (χ1n) is 1.83. The Hall–Kier alpha value is 1.10. The Labute approximate surface area is 70.0 Å². The highest BCUT2D eigenvalue weighted by Crippen LogP contribution is 2.20. The molecule has 0 aromatic rings. The van der Waals surface area contributed by atoms with Gasteiger partial charge in [0.05, 0.1) is 4.20 Å². The monoisotopic (exact) mass is 198 g/mol. The zero-order valence-electron chi connectivity index (χ0n) is 3.75. The SMILES string of the molecule is S=C1CS(=S)C(=S)S1. The van der Waals surface area contributed by atoms with Crippen LogP contribution in [0.3, 0.4) is 0 Å². The molecule has 0 N–H and O–H groups in total. The molecule has 0 aliphatic carbocycles. The molecule has 1 aliphatic heterocycles. The number of thioether (sulfide) groups is 1. The highest BCUT2D eigenvalue weighted by atomic mass is 32.8. The first kappa shape index (κ1) is 7.21. The van der Waals surface area contributed by atoms with Crippen LogP contribution in [-0.4, -0.2) is 13.5 Å². The molecule has 44 valence electrons. The number of hydrogen-bond donors (Lipinski definition) is 0. The summed E-state index contributed by atoms with van der Waals surface area (Å²) in [6.07, 6.45) is 0. The Morgan fingerprint density at radius 2 is 2.12 bits per heavy atom. The molecule has 0 nitrogen and oxygen atoms in total. The Morgan fingerprint density at radius 3 is 2.25 bits per heavy atom. The molecular formula is C3H2S5. The van der Waals surface area contributed by atoms with E-state index in [1.165, 1.54) is 11.8 Å². The third-order valence-electron chi connectivity index (χ3n) is 0.632. The summed E-state index contributed by atoms with van der Waals surface area (Å²) in [5, 5.41) is 0. The number of thiocarbonyl (C=S) groups is 2. The maximum Gasteiger partial charge on any atom is 0.114 e. The van der Waals surface area contributed by atoms with Crippen molar-refractivity contribution in [1.29, 1.82) is 0 Å². The second kappa shape index (κ2) is 2.79. The quantitative estimate of drug-likeness (QED) is 0.540. The van der Waals surface area contributed by atoms with Gasteiger partial charge in [0.1, 0.15) is 3.53 Å². The Morgan fingerprint density at radius 1 is 1.50 bits per heavy atom. The molecular weight excluding hydrogens is 196 g/mol. The first-order valence-corrected chi connectivity index (χ1v) is 5.78. The molecule has 1 rings (SSSR count). The van der Waals surface area contributed by atoms with Crippen molar-refractivity contribution in [3.05, 3.63) is 0 Å². The van der Waals surface area contributed by atoms with E-state index in [0.29, 0.717) is 0 Å². The van der Waals surface area contributed by atoms with E-state index in [4.69, 9.17) is 35.6 Å². The molecule has 0 saturated carbocycles. The van der Waals surface area contributed by atoms with E-state index >= 15 is 0 Å². The molecule has 0 aromatic heterocycles. The molecule has 0 amide bonds. The Balaban J connectivity index is 2.79. The molecule has 0 bridgehead atoms. The normalized spacial score (nSPS) is 29.2. The Bertz CT molecular complexity index is 151. The second-order valence-electron chi connectivity index (χ2n) is 1.21. The van der Waals surface area contributed by atoms with Gasteiger partial charge in [-0.1, -0.05) is 45.7 Å². The minimum atomic E-state index is -0.111. The van der Waals surface area contributed by atoms with Gasteiger partial charge in [-0.2, -0.15) is 0 Å². The molecule has 5 heteroatoms. The lowest BCUT2D eigenvalue weighted by molar-refractivity contribution is 2.16.